The third kappa shape index (κ3) is 6.92. The SMILES string of the molecule is C[N+](C)=C1C=CC(=C(c2ccc(N(CCO)CCO)cc2)c2ccc(N(CCO)CCO)cc2)C=C1. The van der Waals surface area contributed by atoms with Crippen molar-refractivity contribution in [2.75, 3.05) is 76.5 Å². The van der Waals surface area contributed by atoms with E-state index in [0.29, 0.717) is 26.2 Å². The molecule has 4 N–H and O–H groups in total. The molecule has 0 saturated carbocycles. The second-order valence-corrected chi connectivity index (χ2v) is 8.78. The molecule has 7 nitrogen and oxygen atoms in total. The predicted molar refractivity (Wildman–Crippen MR) is 147 cm³/mol. The van der Waals surface area contributed by atoms with E-state index in [9.17, 15) is 20.4 Å². The monoisotopic (exact) mass is 492 g/mol. The van der Waals surface area contributed by atoms with Gasteiger partial charge in [0, 0.05) is 49.7 Å². The molecule has 36 heavy (non-hydrogen) atoms. The number of anilines is 2. The molecular weight excluding hydrogens is 454 g/mol. The van der Waals surface area contributed by atoms with Crippen LogP contribution in [0.5, 0.6) is 0 Å². The van der Waals surface area contributed by atoms with Crippen LogP contribution in [0, 0.1) is 0 Å². The van der Waals surface area contributed by atoms with Gasteiger partial charge in [0.05, 0.1) is 26.4 Å². The Labute approximate surface area is 213 Å². The fraction of sp³-hybridized carbons (Fsp3) is 0.345. The van der Waals surface area contributed by atoms with Crippen LogP contribution < -0.4 is 9.80 Å². The Morgan fingerprint density at radius 3 is 1.25 bits per heavy atom. The van der Waals surface area contributed by atoms with Crippen molar-refractivity contribution < 1.29 is 25.0 Å². The van der Waals surface area contributed by atoms with Crippen molar-refractivity contribution in [3.63, 3.8) is 0 Å². The molecular formula is C29H38N3O4+. The molecule has 2 aromatic rings. The summed E-state index contributed by atoms with van der Waals surface area (Å²) in [5, 5.41) is 37.6. The van der Waals surface area contributed by atoms with Crippen LogP contribution in [0.25, 0.3) is 5.57 Å². The lowest BCUT2D eigenvalue weighted by molar-refractivity contribution is -0.462. The first-order chi connectivity index (χ1) is 17.5. The zero-order valence-electron chi connectivity index (χ0n) is 21.2. The highest BCUT2D eigenvalue weighted by Gasteiger charge is 2.15. The molecule has 1 aliphatic carbocycles. The van der Waals surface area contributed by atoms with Crippen molar-refractivity contribution in [3.8, 4) is 0 Å². The molecule has 7 heteroatoms. The van der Waals surface area contributed by atoms with Gasteiger partial charge in [0.25, 0.3) is 0 Å². The standard InChI is InChI=1S/C29H38N3O4/c1-30(2)26-9-3-23(4-10-26)29(24-5-11-27(12-6-24)31(15-19-33)16-20-34)25-7-13-28(14-8-25)32(17-21-35)18-22-36/h3-14,33-36H,15-22H2,1-2H3/q+1. The van der Waals surface area contributed by atoms with E-state index in [2.05, 4.69) is 53.1 Å². The van der Waals surface area contributed by atoms with Crippen LogP contribution in [-0.2, 0) is 0 Å². The second kappa shape index (κ2) is 13.8. The smallest absolute Gasteiger partial charge is 0.199 e. The van der Waals surface area contributed by atoms with Crippen molar-refractivity contribution in [1.29, 1.82) is 0 Å². The van der Waals surface area contributed by atoms with E-state index in [1.807, 2.05) is 48.2 Å². The van der Waals surface area contributed by atoms with Crippen LogP contribution >= 0.6 is 0 Å². The summed E-state index contributed by atoms with van der Waals surface area (Å²) >= 11 is 0. The number of aliphatic hydroxyl groups is 4. The van der Waals surface area contributed by atoms with Crippen LogP contribution in [0.4, 0.5) is 11.4 Å². The molecule has 0 aromatic heterocycles. The molecule has 0 heterocycles. The van der Waals surface area contributed by atoms with Gasteiger partial charge in [0.15, 0.2) is 5.71 Å². The molecule has 1 aliphatic rings. The number of rotatable bonds is 12. The maximum Gasteiger partial charge on any atom is 0.199 e. The molecule has 0 saturated heterocycles. The van der Waals surface area contributed by atoms with Gasteiger partial charge < -0.3 is 30.2 Å². The lowest BCUT2D eigenvalue weighted by Gasteiger charge is -2.24. The molecule has 192 valence electrons. The van der Waals surface area contributed by atoms with E-state index in [4.69, 9.17) is 0 Å². The average molecular weight is 493 g/mol. The van der Waals surface area contributed by atoms with Crippen LogP contribution in [-0.4, -0.2) is 97.4 Å². The molecule has 0 fully saturated rings. The Kier molecular flexibility index (Phi) is 10.5. The van der Waals surface area contributed by atoms with Gasteiger partial charge in [0.2, 0.25) is 0 Å². The first-order valence-corrected chi connectivity index (χ1v) is 12.3. The lowest BCUT2D eigenvalue weighted by atomic mass is 9.90. The first kappa shape index (κ1) is 27.4. The zero-order valence-corrected chi connectivity index (χ0v) is 21.2. The van der Waals surface area contributed by atoms with Crippen molar-refractivity contribution in [2.45, 2.75) is 0 Å². The highest BCUT2D eigenvalue weighted by Crippen LogP contribution is 2.32. The summed E-state index contributed by atoms with van der Waals surface area (Å²) in [4.78, 5) is 3.92. The van der Waals surface area contributed by atoms with E-state index >= 15 is 0 Å². The Morgan fingerprint density at radius 1 is 0.583 bits per heavy atom. The average Bonchev–Trinajstić information content (AvgIpc) is 2.90. The number of nitrogens with zero attached hydrogens (tertiary/aromatic N) is 3. The molecule has 0 atom stereocenters. The van der Waals surface area contributed by atoms with E-state index in [-0.39, 0.29) is 26.4 Å². The third-order valence-corrected chi connectivity index (χ3v) is 6.19. The molecule has 0 aliphatic heterocycles. The van der Waals surface area contributed by atoms with E-state index in [0.717, 1.165) is 39.4 Å². The Morgan fingerprint density at radius 2 is 0.944 bits per heavy atom. The van der Waals surface area contributed by atoms with Crippen molar-refractivity contribution >= 4 is 22.7 Å². The van der Waals surface area contributed by atoms with Gasteiger partial charge in [-0.1, -0.05) is 24.3 Å². The quantitative estimate of drug-likeness (QED) is 0.339. The van der Waals surface area contributed by atoms with Gasteiger partial charge in [-0.3, -0.25) is 0 Å². The summed E-state index contributed by atoms with van der Waals surface area (Å²) in [5.74, 6) is 0. The summed E-state index contributed by atoms with van der Waals surface area (Å²) in [5.41, 5.74) is 7.30. The minimum Gasteiger partial charge on any atom is -0.395 e. The van der Waals surface area contributed by atoms with Gasteiger partial charge in [-0.25, -0.2) is 4.58 Å². The minimum atomic E-state index is 0.0211. The number of allylic oxidation sites excluding steroid dienone is 5. The Hall–Kier alpha value is -3.23. The molecule has 0 unspecified atom stereocenters. The number of aliphatic hydroxyl groups excluding tert-OH is 4. The van der Waals surface area contributed by atoms with Crippen molar-refractivity contribution in [2.24, 2.45) is 0 Å². The molecule has 0 bridgehead atoms. The molecule has 2 aromatic carbocycles. The maximum atomic E-state index is 9.39. The third-order valence-electron chi connectivity index (χ3n) is 6.19. The van der Waals surface area contributed by atoms with E-state index < -0.39 is 0 Å². The highest BCUT2D eigenvalue weighted by molar-refractivity contribution is 6.04. The van der Waals surface area contributed by atoms with Gasteiger partial charge in [-0.2, -0.15) is 0 Å². The number of hydrogen-bond acceptors (Lipinski definition) is 6. The van der Waals surface area contributed by atoms with Gasteiger partial charge in [-0.05, 0) is 58.7 Å². The van der Waals surface area contributed by atoms with Crippen LogP contribution in [0.1, 0.15) is 11.1 Å². The second-order valence-electron chi connectivity index (χ2n) is 8.78. The van der Waals surface area contributed by atoms with E-state index in [1.165, 1.54) is 0 Å². The van der Waals surface area contributed by atoms with Crippen LogP contribution in [0.15, 0.2) is 78.4 Å². The fourth-order valence-electron chi connectivity index (χ4n) is 4.33. The Balaban J connectivity index is 2.03. The summed E-state index contributed by atoms with van der Waals surface area (Å²) in [7, 11) is 4.04. The maximum absolute atomic E-state index is 9.39. The Bertz CT molecular complexity index is 1010. The van der Waals surface area contributed by atoms with Crippen LogP contribution in [0.3, 0.4) is 0 Å². The summed E-state index contributed by atoms with van der Waals surface area (Å²) in [6.45, 7) is 1.93. The zero-order chi connectivity index (χ0) is 25.9. The summed E-state index contributed by atoms with van der Waals surface area (Å²) < 4.78 is 2.07. The predicted octanol–water partition coefficient (Wildman–Crippen LogP) is 1.91. The van der Waals surface area contributed by atoms with Gasteiger partial charge >= 0.3 is 0 Å². The summed E-state index contributed by atoms with van der Waals surface area (Å²) in [6.07, 6.45) is 8.46. The highest BCUT2D eigenvalue weighted by atomic mass is 16.3. The summed E-state index contributed by atoms with van der Waals surface area (Å²) in [6, 6.07) is 16.4. The molecule has 0 radical (unpaired) electrons. The van der Waals surface area contributed by atoms with Gasteiger partial charge in [-0.15, -0.1) is 0 Å². The van der Waals surface area contributed by atoms with Crippen LogP contribution in [0.2, 0.25) is 0 Å². The first-order valence-electron chi connectivity index (χ1n) is 12.3. The topological polar surface area (TPSA) is 90.4 Å². The number of hydrogen-bond donors (Lipinski definition) is 4. The lowest BCUT2D eigenvalue weighted by Crippen LogP contribution is -2.29. The minimum absolute atomic E-state index is 0.0211. The molecule has 0 amide bonds. The normalized spacial score (nSPS) is 12.7. The largest absolute Gasteiger partial charge is 0.395 e. The fourth-order valence-corrected chi connectivity index (χ4v) is 4.33. The number of benzene rings is 2. The van der Waals surface area contributed by atoms with Crippen molar-refractivity contribution in [3.05, 3.63) is 89.5 Å². The van der Waals surface area contributed by atoms with Crippen molar-refractivity contribution in [1.82, 2.24) is 0 Å². The van der Waals surface area contributed by atoms with E-state index in [1.54, 1.807) is 0 Å². The van der Waals surface area contributed by atoms with Gasteiger partial charge in [0.1, 0.15) is 14.1 Å². The molecule has 3 rings (SSSR count). The molecule has 0 spiro atoms.